The second-order valence-corrected chi connectivity index (χ2v) is 14.2. The molecular weight excluding hydrogens is 582 g/mol. The van der Waals surface area contributed by atoms with E-state index in [9.17, 15) is 9.59 Å². The van der Waals surface area contributed by atoms with Crippen LogP contribution in [0.4, 0.5) is 0 Å². The number of allylic oxidation sites excluding steroid dienone is 4. The second-order valence-electron chi connectivity index (χ2n) is 14.2. The van der Waals surface area contributed by atoms with E-state index in [2.05, 4.69) is 43.5 Å². The van der Waals surface area contributed by atoms with Crippen LogP contribution < -0.4 is 5.32 Å². The molecule has 0 aromatic heterocycles. The molecule has 0 aliphatic carbocycles. The van der Waals surface area contributed by atoms with E-state index in [0.717, 1.165) is 38.8 Å². The fourth-order valence-corrected chi connectivity index (χ4v) is 6.40. The van der Waals surface area contributed by atoms with Gasteiger partial charge >= 0.3 is 11.9 Å². The van der Waals surface area contributed by atoms with Crippen molar-refractivity contribution in [1.82, 2.24) is 5.32 Å². The number of ether oxygens (including phenoxy) is 2. The average Bonchev–Trinajstić information content (AvgIpc) is 3.53. The number of carbonyl (C=O) groups excluding carboxylic acids is 2. The van der Waals surface area contributed by atoms with Crippen molar-refractivity contribution in [3.63, 3.8) is 0 Å². The highest BCUT2D eigenvalue weighted by atomic mass is 16.5. The molecule has 274 valence electrons. The van der Waals surface area contributed by atoms with Crippen molar-refractivity contribution in [2.45, 2.75) is 194 Å². The molecule has 0 saturated carbocycles. The summed E-state index contributed by atoms with van der Waals surface area (Å²) in [6.07, 6.45) is 43.0. The number of carbonyl (C=O) groups is 2. The molecule has 1 saturated heterocycles. The molecule has 0 aromatic carbocycles. The SMILES string of the molecule is CCCCCCCCC=CCCCCCCCC(=O)OCC1CNC[C@H]1COC(=O)CCCCCCCC=CCCCCCCCC. The highest BCUT2D eigenvalue weighted by Gasteiger charge is 2.29. The second kappa shape index (κ2) is 34.3. The molecule has 1 N–H and O–H groups in total. The summed E-state index contributed by atoms with van der Waals surface area (Å²) >= 11 is 0. The summed E-state index contributed by atoms with van der Waals surface area (Å²) in [5, 5.41) is 3.38. The van der Waals surface area contributed by atoms with E-state index >= 15 is 0 Å². The molecule has 2 atom stereocenters. The maximum absolute atomic E-state index is 12.3. The zero-order chi connectivity index (χ0) is 33.9. The highest BCUT2D eigenvalue weighted by molar-refractivity contribution is 5.69. The average molecular weight is 660 g/mol. The molecule has 1 heterocycles. The number of unbranched alkanes of at least 4 members (excludes halogenated alkanes) is 22. The fourth-order valence-electron chi connectivity index (χ4n) is 6.40. The molecule has 0 bridgehead atoms. The van der Waals surface area contributed by atoms with Crippen LogP contribution in [0, 0.1) is 11.8 Å². The molecule has 0 amide bonds. The zero-order valence-corrected chi connectivity index (χ0v) is 31.2. The van der Waals surface area contributed by atoms with Crippen LogP contribution >= 0.6 is 0 Å². The molecule has 0 spiro atoms. The maximum atomic E-state index is 12.3. The van der Waals surface area contributed by atoms with E-state index in [1.807, 2.05) is 0 Å². The van der Waals surface area contributed by atoms with Crippen LogP contribution in [-0.2, 0) is 19.1 Å². The summed E-state index contributed by atoms with van der Waals surface area (Å²) in [7, 11) is 0. The van der Waals surface area contributed by atoms with E-state index in [-0.39, 0.29) is 23.8 Å². The quantitative estimate of drug-likeness (QED) is 0.0423. The van der Waals surface area contributed by atoms with Gasteiger partial charge in [-0.25, -0.2) is 0 Å². The molecule has 5 heteroatoms. The third kappa shape index (κ3) is 29.1. The van der Waals surface area contributed by atoms with Crippen molar-refractivity contribution in [1.29, 1.82) is 0 Å². The molecule has 1 unspecified atom stereocenters. The Bertz CT molecular complexity index is 702. The van der Waals surface area contributed by atoms with Gasteiger partial charge < -0.3 is 14.8 Å². The molecule has 5 nitrogen and oxygen atoms in total. The van der Waals surface area contributed by atoms with E-state index in [1.54, 1.807) is 0 Å². The summed E-state index contributed by atoms with van der Waals surface area (Å²) in [4.78, 5) is 24.6. The van der Waals surface area contributed by atoms with Crippen molar-refractivity contribution >= 4 is 11.9 Å². The highest BCUT2D eigenvalue weighted by Crippen LogP contribution is 2.19. The Labute approximate surface area is 291 Å². The first-order valence-corrected chi connectivity index (χ1v) is 20.5. The summed E-state index contributed by atoms with van der Waals surface area (Å²) in [6, 6.07) is 0. The lowest BCUT2D eigenvalue weighted by atomic mass is 9.98. The Balaban J connectivity index is 1.93. The lowest BCUT2D eigenvalue weighted by Gasteiger charge is -2.18. The van der Waals surface area contributed by atoms with Gasteiger partial charge in [0.05, 0.1) is 13.2 Å². The first kappa shape index (κ1) is 43.4. The molecule has 0 aromatic rings. The summed E-state index contributed by atoms with van der Waals surface area (Å²) in [6.45, 7) is 7.02. The van der Waals surface area contributed by atoms with Gasteiger partial charge in [0, 0.05) is 37.8 Å². The first-order valence-electron chi connectivity index (χ1n) is 20.5. The van der Waals surface area contributed by atoms with Gasteiger partial charge in [-0.05, 0) is 64.2 Å². The molecule has 1 fully saturated rings. The normalized spacial score (nSPS) is 16.5. The zero-order valence-electron chi connectivity index (χ0n) is 31.2. The summed E-state index contributed by atoms with van der Waals surface area (Å²) < 4.78 is 11.2. The third-order valence-electron chi connectivity index (χ3n) is 9.68. The smallest absolute Gasteiger partial charge is 0.305 e. The van der Waals surface area contributed by atoms with Crippen molar-refractivity contribution in [3.8, 4) is 0 Å². The van der Waals surface area contributed by atoms with E-state index in [0.29, 0.717) is 26.1 Å². The van der Waals surface area contributed by atoms with Crippen molar-refractivity contribution in [3.05, 3.63) is 24.3 Å². The summed E-state index contributed by atoms with van der Waals surface area (Å²) in [5.41, 5.74) is 0. The van der Waals surface area contributed by atoms with Crippen molar-refractivity contribution < 1.29 is 19.1 Å². The third-order valence-corrected chi connectivity index (χ3v) is 9.68. The maximum Gasteiger partial charge on any atom is 0.305 e. The Morgan fingerprint density at radius 1 is 0.468 bits per heavy atom. The number of nitrogens with one attached hydrogen (secondary N) is 1. The van der Waals surface area contributed by atoms with Gasteiger partial charge in [-0.1, -0.05) is 141 Å². The topological polar surface area (TPSA) is 64.6 Å². The molecular formula is C42H77NO4. The lowest BCUT2D eigenvalue weighted by molar-refractivity contribution is -0.149. The first-order chi connectivity index (χ1) is 23.2. The van der Waals surface area contributed by atoms with E-state index in [4.69, 9.17) is 9.47 Å². The van der Waals surface area contributed by atoms with Crippen LogP contribution in [0.3, 0.4) is 0 Å². The van der Waals surface area contributed by atoms with Gasteiger partial charge in [0.2, 0.25) is 0 Å². The predicted molar refractivity (Wildman–Crippen MR) is 201 cm³/mol. The Morgan fingerprint density at radius 3 is 1.11 bits per heavy atom. The Kier molecular flexibility index (Phi) is 31.6. The number of hydrogen-bond donors (Lipinski definition) is 1. The minimum Gasteiger partial charge on any atom is -0.465 e. The van der Waals surface area contributed by atoms with Gasteiger partial charge in [-0.15, -0.1) is 0 Å². The number of rotatable bonds is 34. The van der Waals surface area contributed by atoms with Crippen LogP contribution in [-0.4, -0.2) is 38.2 Å². The minimum atomic E-state index is -0.0885. The van der Waals surface area contributed by atoms with Gasteiger partial charge in [-0.2, -0.15) is 0 Å². The van der Waals surface area contributed by atoms with E-state index in [1.165, 1.54) is 141 Å². The molecule has 1 aliphatic rings. The molecule has 47 heavy (non-hydrogen) atoms. The largest absolute Gasteiger partial charge is 0.465 e. The van der Waals surface area contributed by atoms with Gasteiger partial charge in [0.1, 0.15) is 0 Å². The van der Waals surface area contributed by atoms with Crippen molar-refractivity contribution in [2.24, 2.45) is 11.8 Å². The molecule has 1 rings (SSSR count). The van der Waals surface area contributed by atoms with Crippen LogP contribution in [0.2, 0.25) is 0 Å². The minimum absolute atomic E-state index is 0.0885. The van der Waals surface area contributed by atoms with Crippen molar-refractivity contribution in [2.75, 3.05) is 26.3 Å². The Morgan fingerprint density at radius 2 is 0.766 bits per heavy atom. The Hall–Kier alpha value is -1.62. The summed E-state index contributed by atoms with van der Waals surface area (Å²) in [5.74, 6) is 0.269. The van der Waals surface area contributed by atoms with Crippen LogP contribution in [0.1, 0.15) is 194 Å². The number of esters is 2. The molecule has 0 radical (unpaired) electrons. The van der Waals surface area contributed by atoms with Crippen LogP contribution in [0.5, 0.6) is 0 Å². The number of hydrogen-bond acceptors (Lipinski definition) is 5. The molecule has 1 aliphatic heterocycles. The monoisotopic (exact) mass is 660 g/mol. The van der Waals surface area contributed by atoms with Crippen LogP contribution in [0.15, 0.2) is 24.3 Å². The van der Waals surface area contributed by atoms with E-state index < -0.39 is 0 Å². The fraction of sp³-hybridized carbons (Fsp3) is 0.857. The van der Waals surface area contributed by atoms with Gasteiger partial charge in [0.25, 0.3) is 0 Å². The van der Waals surface area contributed by atoms with Gasteiger partial charge in [-0.3, -0.25) is 9.59 Å². The standard InChI is InChI=1S/C42H77NO4/c1-3-5-7-9-11-13-15-17-19-21-23-25-27-29-31-33-41(44)46-37-39-35-43-36-40(39)38-47-42(45)34-32-30-28-26-24-22-20-18-16-14-12-10-8-6-4-2/h17-20,39-40,43H,3-16,21-38H2,1-2H3/t39-,40?/m0/s1. The predicted octanol–water partition coefficient (Wildman–Crippen LogP) is 12.0. The van der Waals surface area contributed by atoms with Gasteiger partial charge in [0.15, 0.2) is 0 Å². The van der Waals surface area contributed by atoms with Crippen LogP contribution in [0.25, 0.3) is 0 Å². The lowest BCUT2D eigenvalue weighted by Crippen LogP contribution is -2.25.